The number of hydrogen-bond acceptors (Lipinski definition) is 4. The highest BCUT2D eigenvalue weighted by atomic mass is 16.5. The van der Waals surface area contributed by atoms with Crippen LogP contribution in [0, 0.1) is 0 Å². The molecular weight excluding hydrogens is 276 g/mol. The highest BCUT2D eigenvalue weighted by Crippen LogP contribution is 2.26. The zero-order valence-electron chi connectivity index (χ0n) is 11.6. The van der Waals surface area contributed by atoms with E-state index in [2.05, 4.69) is 15.1 Å². The molecule has 5 nitrogen and oxygen atoms in total. The van der Waals surface area contributed by atoms with E-state index < -0.39 is 0 Å². The molecule has 0 bridgehead atoms. The maximum atomic E-state index is 5.88. The van der Waals surface area contributed by atoms with Crippen molar-refractivity contribution in [3.63, 3.8) is 0 Å². The smallest absolute Gasteiger partial charge is 0.230 e. The second kappa shape index (κ2) is 5.29. The summed E-state index contributed by atoms with van der Waals surface area (Å²) in [6.07, 6.45) is 5.15. The van der Waals surface area contributed by atoms with E-state index in [0.717, 1.165) is 22.3 Å². The lowest BCUT2D eigenvalue weighted by atomic mass is 10.2. The Morgan fingerprint density at radius 1 is 0.864 bits per heavy atom. The van der Waals surface area contributed by atoms with E-state index in [-0.39, 0.29) is 0 Å². The molecule has 2 aromatic carbocycles. The Kier molecular flexibility index (Phi) is 3.01. The summed E-state index contributed by atoms with van der Waals surface area (Å²) in [7, 11) is 0. The van der Waals surface area contributed by atoms with Crippen LogP contribution in [0.25, 0.3) is 16.6 Å². The predicted octanol–water partition coefficient (Wildman–Crippen LogP) is 3.61. The van der Waals surface area contributed by atoms with Crippen LogP contribution in [0.4, 0.5) is 0 Å². The van der Waals surface area contributed by atoms with Gasteiger partial charge in [0.05, 0.1) is 16.6 Å². The standard InChI is InChI=1S/C17H12N4O/c1-2-5-16-15(4-1)17(19-12-18-16)22-14-8-6-13(7-9-14)21-11-3-10-20-21/h1-12H. The van der Waals surface area contributed by atoms with Gasteiger partial charge in [-0.1, -0.05) is 12.1 Å². The van der Waals surface area contributed by atoms with Crippen molar-refractivity contribution in [3.05, 3.63) is 73.3 Å². The number of rotatable bonds is 3. The van der Waals surface area contributed by atoms with Gasteiger partial charge in [0.2, 0.25) is 5.88 Å². The first kappa shape index (κ1) is 12.5. The highest BCUT2D eigenvalue weighted by Gasteiger charge is 2.05. The molecule has 0 aliphatic carbocycles. The summed E-state index contributed by atoms with van der Waals surface area (Å²) >= 11 is 0. The Morgan fingerprint density at radius 2 is 1.73 bits per heavy atom. The number of fused-ring (bicyclic) bond motifs is 1. The second-order valence-electron chi connectivity index (χ2n) is 4.74. The van der Waals surface area contributed by atoms with E-state index in [1.165, 1.54) is 6.33 Å². The predicted molar refractivity (Wildman–Crippen MR) is 83.2 cm³/mol. The summed E-state index contributed by atoms with van der Waals surface area (Å²) in [5.74, 6) is 1.28. The number of para-hydroxylation sites is 1. The van der Waals surface area contributed by atoms with E-state index >= 15 is 0 Å². The Labute approximate surface area is 126 Å². The van der Waals surface area contributed by atoms with Gasteiger partial charge in [-0.05, 0) is 42.5 Å². The maximum Gasteiger partial charge on any atom is 0.230 e. The molecule has 2 heterocycles. The minimum Gasteiger partial charge on any atom is -0.438 e. The van der Waals surface area contributed by atoms with E-state index in [9.17, 15) is 0 Å². The van der Waals surface area contributed by atoms with Crippen molar-refractivity contribution in [2.75, 3.05) is 0 Å². The van der Waals surface area contributed by atoms with Crippen LogP contribution in [0.5, 0.6) is 11.6 Å². The average Bonchev–Trinajstić information content (AvgIpc) is 3.10. The van der Waals surface area contributed by atoms with Crippen LogP contribution in [-0.2, 0) is 0 Å². The molecule has 4 rings (SSSR count). The van der Waals surface area contributed by atoms with Gasteiger partial charge in [-0.3, -0.25) is 0 Å². The molecule has 0 saturated heterocycles. The molecule has 5 heteroatoms. The third-order valence-corrected chi connectivity index (χ3v) is 3.33. The van der Waals surface area contributed by atoms with Gasteiger partial charge >= 0.3 is 0 Å². The maximum absolute atomic E-state index is 5.88. The van der Waals surface area contributed by atoms with Gasteiger partial charge in [-0.2, -0.15) is 5.10 Å². The molecule has 0 N–H and O–H groups in total. The highest BCUT2D eigenvalue weighted by molar-refractivity contribution is 5.83. The topological polar surface area (TPSA) is 52.8 Å². The van der Waals surface area contributed by atoms with Crippen molar-refractivity contribution in [1.82, 2.24) is 19.7 Å². The monoisotopic (exact) mass is 288 g/mol. The van der Waals surface area contributed by atoms with Crippen LogP contribution in [-0.4, -0.2) is 19.7 Å². The quantitative estimate of drug-likeness (QED) is 0.578. The molecule has 0 aliphatic rings. The van der Waals surface area contributed by atoms with Crippen LogP contribution in [0.3, 0.4) is 0 Å². The Balaban J connectivity index is 1.65. The fourth-order valence-corrected chi connectivity index (χ4v) is 2.26. The van der Waals surface area contributed by atoms with Gasteiger partial charge < -0.3 is 4.74 Å². The normalized spacial score (nSPS) is 10.7. The van der Waals surface area contributed by atoms with Gasteiger partial charge in [-0.15, -0.1) is 0 Å². The minimum atomic E-state index is 0.553. The molecule has 0 atom stereocenters. The van der Waals surface area contributed by atoms with E-state index in [0.29, 0.717) is 5.88 Å². The summed E-state index contributed by atoms with van der Waals surface area (Å²) in [5, 5.41) is 5.09. The second-order valence-corrected chi connectivity index (χ2v) is 4.74. The number of benzene rings is 2. The van der Waals surface area contributed by atoms with Crippen molar-refractivity contribution in [1.29, 1.82) is 0 Å². The Morgan fingerprint density at radius 3 is 2.55 bits per heavy atom. The third kappa shape index (κ3) is 2.29. The summed E-state index contributed by atoms with van der Waals surface area (Å²) in [5.41, 5.74) is 1.84. The molecule has 0 radical (unpaired) electrons. The average molecular weight is 288 g/mol. The molecule has 0 amide bonds. The zero-order valence-corrected chi connectivity index (χ0v) is 11.6. The first-order valence-electron chi connectivity index (χ1n) is 6.88. The molecule has 0 spiro atoms. The minimum absolute atomic E-state index is 0.553. The lowest BCUT2D eigenvalue weighted by Crippen LogP contribution is -1.94. The van der Waals surface area contributed by atoms with Crippen LogP contribution in [0.2, 0.25) is 0 Å². The van der Waals surface area contributed by atoms with Crippen molar-refractivity contribution >= 4 is 10.9 Å². The molecule has 0 unspecified atom stereocenters. The van der Waals surface area contributed by atoms with E-state index in [1.807, 2.05) is 60.8 Å². The van der Waals surface area contributed by atoms with Gasteiger partial charge in [-0.25, -0.2) is 14.6 Å². The van der Waals surface area contributed by atoms with Gasteiger partial charge in [0.15, 0.2) is 0 Å². The molecule has 22 heavy (non-hydrogen) atoms. The lowest BCUT2D eigenvalue weighted by Gasteiger charge is -2.08. The van der Waals surface area contributed by atoms with Gasteiger partial charge in [0.1, 0.15) is 12.1 Å². The van der Waals surface area contributed by atoms with Gasteiger partial charge in [0, 0.05) is 12.4 Å². The van der Waals surface area contributed by atoms with Crippen LogP contribution < -0.4 is 4.74 Å². The zero-order chi connectivity index (χ0) is 14.8. The summed E-state index contributed by atoms with van der Waals surface area (Å²) < 4.78 is 7.68. The number of ether oxygens (including phenoxy) is 1. The van der Waals surface area contributed by atoms with Gasteiger partial charge in [0.25, 0.3) is 0 Å². The van der Waals surface area contributed by atoms with Crippen molar-refractivity contribution < 1.29 is 4.74 Å². The number of hydrogen-bond donors (Lipinski definition) is 0. The molecule has 0 saturated carbocycles. The SMILES string of the molecule is c1ccc2c(Oc3ccc(-n4cccn4)cc3)ncnc2c1. The fraction of sp³-hybridized carbons (Fsp3) is 0. The summed E-state index contributed by atoms with van der Waals surface area (Å²) in [6.45, 7) is 0. The van der Waals surface area contributed by atoms with Crippen LogP contribution >= 0.6 is 0 Å². The Bertz CT molecular complexity index is 896. The molecule has 0 fully saturated rings. The third-order valence-electron chi connectivity index (χ3n) is 3.33. The molecule has 4 aromatic rings. The number of nitrogens with zero attached hydrogens (tertiary/aromatic N) is 4. The summed E-state index contributed by atoms with van der Waals surface area (Å²) in [6, 6.07) is 17.3. The largest absolute Gasteiger partial charge is 0.438 e. The van der Waals surface area contributed by atoms with E-state index in [1.54, 1.807) is 10.9 Å². The molecular formula is C17H12N4O. The van der Waals surface area contributed by atoms with Crippen molar-refractivity contribution in [3.8, 4) is 17.3 Å². The first-order chi connectivity index (χ1) is 10.9. The van der Waals surface area contributed by atoms with Crippen LogP contribution in [0.1, 0.15) is 0 Å². The molecule has 106 valence electrons. The van der Waals surface area contributed by atoms with Crippen molar-refractivity contribution in [2.45, 2.75) is 0 Å². The summed E-state index contributed by atoms with van der Waals surface area (Å²) in [4.78, 5) is 8.45. The van der Waals surface area contributed by atoms with Crippen molar-refractivity contribution in [2.24, 2.45) is 0 Å². The Hall–Kier alpha value is -3.21. The van der Waals surface area contributed by atoms with E-state index in [4.69, 9.17) is 4.74 Å². The van der Waals surface area contributed by atoms with Crippen LogP contribution in [0.15, 0.2) is 73.3 Å². The lowest BCUT2D eigenvalue weighted by molar-refractivity contribution is 0.468. The fourth-order valence-electron chi connectivity index (χ4n) is 2.26. The number of aromatic nitrogens is 4. The first-order valence-corrected chi connectivity index (χ1v) is 6.88. The molecule has 0 aliphatic heterocycles. The molecule has 2 aromatic heterocycles.